The summed E-state index contributed by atoms with van der Waals surface area (Å²) in [5, 5.41) is 9.26. The maximum atomic E-state index is 11.0. The van der Waals surface area contributed by atoms with Crippen LogP contribution in [-0.4, -0.2) is 18.8 Å². The molecular weight excluding hydrogens is 228 g/mol. The van der Waals surface area contributed by atoms with Crippen LogP contribution in [0.2, 0.25) is 5.02 Å². The molecule has 0 heterocycles. The lowest BCUT2D eigenvalue weighted by Gasteiger charge is -1.98. The van der Waals surface area contributed by atoms with Gasteiger partial charge in [-0.2, -0.15) is 5.26 Å². The van der Waals surface area contributed by atoms with Crippen LogP contribution in [0, 0.1) is 11.3 Å². The van der Waals surface area contributed by atoms with E-state index >= 15 is 0 Å². The average Bonchev–Trinajstić information content (AvgIpc) is 2.27. The molecule has 0 amide bonds. The highest BCUT2D eigenvalue weighted by Crippen LogP contribution is 2.21. The molecular formula is C11H9ClN2O2. The van der Waals surface area contributed by atoms with Gasteiger partial charge in [-0.15, -0.1) is 0 Å². The number of rotatable bonds is 3. The highest BCUT2D eigenvalue weighted by molar-refractivity contribution is 6.30. The van der Waals surface area contributed by atoms with Gasteiger partial charge in [0, 0.05) is 5.02 Å². The largest absolute Gasteiger partial charge is 0.462 e. The molecule has 82 valence electrons. The number of nitriles is 1. The fourth-order valence-corrected chi connectivity index (χ4v) is 1.18. The van der Waals surface area contributed by atoms with Gasteiger partial charge >= 0.3 is 5.97 Å². The molecule has 4 nitrogen and oxygen atoms in total. The number of hydrogen-bond acceptors (Lipinski definition) is 4. The zero-order chi connectivity index (χ0) is 12.0. The van der Waals surface area contributed by atoms with Crippen molar-refractivity contribution in [2.24, 2.45) is 4.99 Å². The van der Waals surface area contributed by atoms with E-state index in [0.717, 1.165) is 6.21 Å². The maximum absolute atomic E-state index is 11.0. The number of hydrogen-bond donors (Lipinski definition) is 0. The summed E-state index contributed by atoms with van der Waals surface area (Å²) in [7, 11) is 0. The van der Waals surface area contributed by atoms with Crippen molar-refractivity contribution in [2.75, 3.05) is 6.61 Å². The smallest absolute Gasteiger partial charge is 0.349 e. The van der Waals surface area contributed by atoms with E-state index < -0.39 is 5.97 Å². The molecule has 0 spiro atoms. The van der Waals surface area contributed by atoms with E-state index in [1.54, 1.807) is 19.1 Å². The molecule has 0 aromatic heterocycles. The van der Waals surface area contributed by atoms with Crippen molar-refractivity contribution >= 4 is 29.5 Å². The minimum Gasteiger partial charge on any atom is -0.462 e. The standard InChI is InChI=1S/C11H9ClN2O2/c1-2-16-11(15)7-14-10-4-3-9(12)5-8(10)6-13/h3-5,7H,2H2,1H3. The van der Waals surface area contributed by atoms with Gasteiger partial charge in [0.25, 0.3) is 0 Å². The van der Waals surface area contributed by atoms with Gasteiger partial charge in [-0.25, -0.2) is 9.79 Å². The molecule has 5 heteroatoms. The highest BCUT2D eigenvalue weighted by atomic mass is 35.5. The van der Waals surface area contributed by atoms with E-state index in [1.165, 1.54) is 6.07 Å². The number of carbonyl (C=O) groups is 1. The second-order valence-corrected chi connectivity index (χ2v) is 3.22. The van der Waals surface area contributed by atoms with Gasteiger partial charge < -0.3 is 4.74 Å². The molecule has 1 rings (SSSR count). The second-order valence-electron chi connectivity index (χ2n) is 2.78. The Morgan fingerprint density at radius 2 is 2.44 bits per heavy atom. The zero-order valence-corrected chi connectivity index (χ0v) is 9.36. The summed E-state index contributed by atoms with van der Waals surface area (Å²) in [5.74, 6) is -0.540. The number of nitrogens with zero attached hydrogens (tertiary/aromatic N) is 2. The first kappa shape index (κ1) is 12.2. The summed E-state index contributed by atoms with van der Waals surface area (Å²) in [6.45, 7) is 1.99. The van der Waals surface area contributed by atoms with Gasteiger partial charge in [-0.3, -0.25) is 0 Å². The van der Waals surface area contributed by atoms with Crippen molar-refractivity contribution in [1.29, 1.82) is 5.26 Å². The third-order valence-electron chi connectivity index (χ3n) is 1.67. The average molecular weight is 237 g/mol. The van der Waals surface area contributed by atoms with Crippen LogP contribution in [-0.2, 0) is 9.53 Å². The van der Waals surface area contributed by atoms with E-state index in [0.29, 0.717) is 16.3 Å². The maximum Gasteiger partial charge on any atom is 0.349 e. The molecule has 0 atom stereocenters. The van der Waals surface area contributed by atoms with Crippen molar-refractivity contribution in [3.05, 3.63) is 28.8 Å². The molecule has 0 saturated carbocycles. The molecule has 0 unspecified atom stereocenters. The summed E-state index contributed by atoms with van der Waals surface area (Å²) in [5.41, 5.74) is 0.702. The lowest BCUT2D eigenvalue weighted by molar-refractivity contribution is -0.134. The number of aliphatic imine (C=N–C) groups is 1. The number of carbonyl (C=O) groups excluding carboxylic acids is 1. The molecule has 0 N–H and O–H groups in total. The fraction of sp³-hybridized carbons (Fsp3) is 0.182. The van der Waals surface area contributed by atoms with Crippen LogP contribution < -0.4 is 0 Å². The summed E-state index contributed by atoms with van der Waals surface area (Å²) in [6.07, 6.45) is 1.04. The minimum absolute atomic E-state index is 0.288. The van der Waals surface area contributed by atoms with Crippen LogP contribution in [0.1, 0.15) is 12.5 Å². The Hall–Kier alpha value is -1.86. The Kier molecular flexibility index (Phi) is 4.49. The van der Waals surface area contributed by atoms with Crippen molar-refractivity contribution in [2.45, 2.75) is 6.92 Å². The Morgan fingerprint density at radius 1 is 1.69 bits per heavy atom. The molecule has 0 aliphatic carbocycles. The van der Waals surface area contributed by atoms with Crippen LogP contribution in [0.5, 0.6) is 0 Å². The predicted molar refractivity (Wildman–Crippen MR) is 61.0 cm³/mol. The van der Waals surface area contributed by atoms with E-state index in [1.807, 2.05) is 6.07 Å². The third-order valence-corrected chi connectivity index (χ3v) is 1.91. The summed E-state index contributed by atoms with van der Waals surface area (Å²) in [4.78, 5) is 14.9. The van der Waals surface area contributed by atoms with E-state index in [-0.39, 0.29) is 6.61 Å². The van der Waals surface area contributed by atoms with E-state index in [9.17, 15) is 4.79 Å². The molecule has 0 fully saturated rings. The first-order valence-electron chi connectivity index (χ1n) is 4.58. The molecule has 0 aliphatic rings. The topological polar surface area (TPSA) is 62.4 Å². The van der Waals surface area contributed by atoms with Gasteiger partial charge in [-0.1, -0.05) is 11.6 Å². The Labute approximate surface area is 98.1 Å². The highest BCUT2D eigenvalue weighted by Gasteiger charge is 2.02. The fourth-order valence-electron chi connectivity index (χ4n) is 1.01. The van der Waals surface area contributed by atoms with E-state index in [4.69, 9.17) is 16.9 Å². The number of esters is 1. The van der Waals surface area contributed by atoms with Gasteiger partial charge in [0.1, 0.15) is 12.3 Å². The molecule has 0 aliphatic heterocycles. The van der Waals surface area contributed by atoms with Crippen LogP contribution in [0.25, 0.3) is 0 Å². The number of ether oxygens (including phenoxy) is 1. The summed E-state index contributed by atoms with van der Waals surface area (Å²) < 4.78 is 4.66. The third kappa shape index (κ3) is 3.37. The Morgan fingerprint density at radius 3 is 3.06 bits per heavy atom. The van der Waals surface area contributed by atoms with Gasteiger partial charge in [0.15, 0.2) is 0 Å². The van der Waals surface area contributed by atoms with Gasteiger partial charge in [0.05, 0.1) is 17.9 Å². The van der Waals surface area contributed by atoms with Crippen LogP contribution in [0.3, 0.4) is 0 Å². The van der Waals surface area contributed by atoms with Crippen molar-refractivity contribution in [1.82, 2.24) is 0 Å². The lowest BCUT2D eigenvalue weighted by Crippen LogP contribution is -2.04. The van der Waals surface area contributed by atoms with Crippen molar-refractivity contribution < 1.29 is 9.53 Å². The lowest BCUT2D eigenvalue weighted by atomic mass is 10.2. The second kappa shape index (κ2) is 5.89. The first-order chi connectivity index (χ1) is 7.67. The molecule has 0 saturated heterocycles. The molecule has 0 radical (unpaired) electrons. The first-order valence-corrected chi connectivity index (χ1v) is 4.95. The molecule has 16 heavy (non-hydrogen) atoms. The van der Waals surface area contributed by atoms with Crippen LogP contribution in [0.4, 0.5) is 5.69 Å². The van der Waals surface area contributed by atoms with Gasteiger partial charge in [-0.05, 0) is 25.1 Å². The Bertz CT molecular complexity index is 464. The monoisotopic (exact) mass is 236 g/mol. The quantitative estimate of drug-likeness (QED) is 0.598. The minimum atomic E-state index is -0.540. The SMILES string of the molecule is CCOC(=O)C=Nc1ccc(Cl)cc1C#N. The molecule has 0 bridgehead atoms. The predicted octanol–water partition coefficient (Wildman–Crippen LogP) is 2.48. The Balaban J connectivity index is 2.89. The summed E-state index contributed by atoms with van der Waals surface area (Å²) >= 11 is 5.71. The zero-order valence-electron chi connectivity index (χ0n) is 8.61. The van der Waals surface area contributed by atoms with Crippen LogP contribution in [0.15, 0.2) is 23.2 Å². The van der Waals surface area contributed by atoms with Crippen molar-refractivity contribution in [3.63, 3.8) is 0 Å². The summed E-state index contributed by atoms with van der Waals surface area (Å²) in [6, 6.07) is 6.59. The molecule has 1 aromatic carbocycles. The number of halogens is 1. The van der Waals surface area contributed by atoms with Gasteiger partial charge in [0.2, 0.25) is 0 Å². The van der Waals surface area contributed by atoms with Crippen LogP contribution >= 0.6 is 11.6 Å². The molecule has 1 aromatic rings. The normalized spacial score (nSPS) is 10.1. The number of benzene rings is 1. The van der Waals surface area contributed by atoms with Crippen molar-refractivity contribution in [3.8, 4) is 6.07 Å². The van der Waals surface area contributed by atoms with E-state index in [2.05, 4.69) is 9.73 Å².